The lowest BCUT2D eigenvalue weighted by molar-refractivity contribution is -0.140. The Kier molecular flexibility index (Phi) is 8.00. The van der Waals surface area contributed by atoms with Crippen molar-refractivity contribution in [1.29, 1.82) is 0 Å². The molecule has 0 radical (unpaired) electrons. The third-order valence-corrected chi connectivity index (χ3v) is 4.26. The summed E-state index contributed by atoms with van der Waals surface area (Å²) >= 11 is 0. The second-order valence-corrected chi connectivity index (χ2v) is 7.05. The number of aliphatic carboxylic acids is 1. The summed E-state index contributed by atoms with van der Waals surface area (Å²) in [5.74, 6) is -0.960. The number of aromatic nitrogens is 2. The van der Waals surface area contributed by atoms with E-state index < -0.39 is 18.1 Å². The first-order valence-corrected chi connectivity index (χ1v) is 9.23. The Labute approximate surface area is 159 Å². The van der Waals surface area contributed by atoms with Gasteiger partial charge >= 0.3 is 5.97 Å². The van der Waals surface area contributed by atoms with Crippen LogP contribution in [0.2, 0.25) is 0 Å². The monoisotopic (exact) mass is 372 g/mol. The summed E-state index contributed by atoms with van der Waals surface area (Å²) in [6.45, 7) is 4.41. The molecule has 7 nitrogen and oxygen atoms in total. The van der Waals surface area contributed by atoms with Crippen molar-refractivity contribution in [3.63, 3.8) is 0 Å². The minimum atomic E-state index is -0.949. The van der Waals surface area contributed by atoms with Gasteiger partial charge in [-0.15, -0.1) is 0 Å². The summed E-state index contributed by atoms with van der Waals surface area (Å²) in [5, 5.41) is 15.4. The highest BCUT2D eigenvalue weighted by molar-refractivity contribution is 5.83. The third-order valence-electron chi connectivity index (χ3n) is 4.26. The molecular formula is C20H28N4O3. The van der Waals surface area contributed by atoms with Crippen molar-refractivity contribution >= 4 is 11.9 Å². The molecule has 0 aliphatic rings. The largest absolute Gasteiger partial charge is 0.480 e. The van der Waals surface area contributed by atoms with Gasteiger partial charge < -0.3 is 15.4 Å². The summed E-state index contributed by atoms with van der Waals surface area (Å²) in [7, 11) is 0. The molecule has 1 heterocycles. The highest BCUT2D eigenvalue weighted by Gasteiger charge is 2.27. The molecule has 0 aliphatic carbocycles. The van der Waals surface area contributed by atoms with Gasteiger partial charge in [-0.25, -0.2) is 4.98 Å². The first-order chi connectivity index (χ1) is 13.0. The fraction of sp³-hybridized carbons (Fsp3) is 0.450. The summed E-state index contributed by atoms with van der Waals surface area (Å²) in [4.78, 5) is 31.2. The van der Waals surface area contributed by atoms with Gasteiger partial charge in [0.15, 0.2) is 0 Å². The molecule has 2 atom stereocenters. The molecule has 2 unspecified atom stereocenters. The maximum Gasteiger partial charge on any atom is 0.320 e. The number of amides is 1. The molecule has 1 aromatic carbocycles. The third kappa shape index (κ3) is 7.22. The Bertz CT molecular complexity index is 701. The van der Waals surface area contributed by atoms with E-state index >= 15 is 0 Å². The molecule has 2 aromatic rings. The number of aromatic amines is 1. The van der Waals surface area contributed by atoms with E-state index in [4.69, 9.17) is 0 Å². The number of carboxylic acids is 1. The summed E-state index contributed by atoms with van der Waals surface area (Å²) in [5.41, 5.74) is 1.92. The SMILES string of the molecule is CC(C)CC(NC(Cc1cnc[nH]1)C(=O)NCCc1ccccc1)C(=O)O. The van der Waals surface area contributed by atoms with Gasteiger partial charge in [0, 0.05) is 24.9 Å². The maximum absolute atomic E-state index is 12.7. The normalized spacial score (nSPS) is 13.3. The van der Waals surface area contributed by atoms with Crippen molar-refractivity contribution < 1.29 is 14.7 Å². The van der Waals surface area contributed by atoms with Crippen LogP contribution >= 0.6 is 0 Å². The second-order valence-electron chi connectivity index (χ2n) is 7.05. The van der Waals surface area contributed by atoms with Gasteiger partial charge in [0.2, 0.25) is 5.91 Å². The van der Waals surface area contributed by atoms with E-state index in [0.29, 0.717) is 19.4 Å². The summed E-state index contributed by atoms with van der Waals surface area (Å²) < 4.78 is 0. The van der Waals surface area contributed by atoms with Gasteiger partial charge in [0.1, 0.15) is 6.04 Å². The van der Waals surface area contributed by atoms with Crippen molar-refractivity contribution in [1.82, 2.24) is 20.6 Å². The number of rotatable bonds is 11. The van der Waals surface area contributed by atoms with Crippen LogP contribution in [-0.4, -0.2) is 45.6 Å². The van der Waals surface area contributed by atoms with Crippen LogP contribution in [0.3, 0.4) is 0 Å². The van der Waals surface area contributed by atoms with Crippen LogP contribution in [-0.2, 0) is 22.4 Å². The van der Waals surface area contributed by atoms with Crippen LogP contribution in [0.1, 0.15) is 31.5 Å². The minimum Gasteiger partial charge on any atom is -0.480 e. The Morgan fingerprint density at radius 2 is 1.93 bits per heavy atom. The van der Waals surface area contributed by atoms with Gasteiger partial charge in [-0.05, 0) is 24.3 Å². The van der Waals surface area contributed by atoms with Gasteiger partial charge in [-0.1, -0.05) is 44.2 Å². The predicted octanol–water partition coefficient (Wildman–Crippen LogP) is 1.77. The molecule has 4 N–H and O–H groups in total. The number of hydrogen-bond acceptors (Lipinski definition) is 4. The van der Waals surface area contributed by atoms with Gasteiger partial charge in [0.05, 0.1) is 12.4 Å². The predicted molar refractivity (Wildman–Crippen MR) is 103 cm³/mol. The number of carbonyl (C=O) groups is 2. The highest BCUT2D eigenvalue weighted by Crippen LogP contribution is 2.08. The molecule has 0 saturated heterocycles. The zero-order valence-corrected chi connectivity index (χ0v) is 15.8. The smallest absolute Gasteiger partial charge is 0.320 e. The molecule has 146 valence electrons. The molecule has 27 heavy (non-hydrogen) atoms. The molecule has 7 heteroatoms. The van der Waals surface area contributed by atoms with Crippen molar-refractivity contribution in [2.45, 2.75) is 45.2 Å². The Morgan fingerprint density at radius 1 is 1.19 bits per heavy atom. The van der Waals surface area contributed by atoms with Crippen LogP contribution in [0.5, 0.6) is 0 Å². The van der Waals surface area contributed by atoms with Gasteiger partial charge in [0.25, 0.3) is 0 Å². The Hall–Kier alpha value is -2.67. The van der Waals surface area contributed by atoms with Crippen LogP contribution in [0.25, 0.3) is 0 Å². The quantitative estimate of drug-likeness (QED) is 0.481. The lowest BCUT2D eigenvalue weighted by atomic mass is 10.0. The molecule has 0 fully saturated rings. The topological polar surface area (TPSA) is 107 Å². The fourth-order valence-corrected chi connectivity index (χ4v) is 2.90. The second kappa shape index (κ2) is 10.5. The molecule has 2 rings (SSSR count). The number of carboxylic acid groups (broad SMARTS) is 1. The van der Waals surface area contributed by atoms with Crippen LogP contribution in [0.15, 0.2) is 42.9 Å². The standard InChI is InChI=1S/C20H28N4O3/c1-14(2)10-18(20(26)27)24-17(11-16-12-21-13-23-16)19(25)22-9-8-15-6-4-3-5-7-15/h3-7,12-14,17-18,24H,8-11H2,1-2H3,(H,21,23)(H,22,25)(H,26,27). The van der Waals surface area contributed by atoms with E-state index in [9.17, 15) is 14.7 Å². The van der Waals surface area contributed by atoms with Crippen LogP contribution in [0.4, 0.5) is 0 Å². The van der Waals surface area contributed by atoms with Gasteiger partial charge in [-0.2, -0.15) is 0 Å². The first-order valence-electron chi connectivity index (χ1n) is 9.23. The number of nitrogens with zero attached hydrogens (tertiary/aromatic N) is 1. The van der Waals surface area contributed by atoms with E-state index in [0.717, 1.165) is 17.7 Å². The molecule has 0 spiro atoms. The van der Waals surface area contributed by atoms with E-state index in [-0.39, 0.29) is 11.8 Å². The average Bonchev–Trinajstić information content (AvgIpc) is 3.14. The minimum absolute atomic E-state index is 0.201. The van der Waals surface area contributed by atoms with Crippen molar-refractivity contribution in [3.8, 4) is 0 Å². The number of benzene rings is 1. The van der Waals surface area contributed by atoms with E-state index in [1.165, 1.54) is 0 Å². The van der Waals surface area contributed by atoms with Crippen LogP contribution < -0.4 is 10.6 Å². The van der Waals surface area contributed by atoms with E-state index in [1.807, 2.05) is 44.2 Å². The zero-order valence-electron chi connectivity index (χ0n) is 15.8. The number of nitrogens with one attached hydrogen (secondary N) is 3. The fourth-order valence-electron chi connectivity index (χ4n) is 2.90. The van der Waals surface area contributed by atoms with Gasteiger partial charge in [-0.3, -0.25) is 14.9 Å². The van der Waals surface area contributed by atoms with Crippen LogP contribution in [0, 0.1) is 5.92 Å². The average molecular weight is 372 g/mol. The summed E-state index contributed by atoms with van der Waals surface area (Å²) in [6.07, 6.45) is 4.70. The Morgan fingerprint density at radius 3 is 2.52 bits per heavy atom. The first kappa shape index (κ1) is 20.6. The lowest BCUT2D eigenvalue weighted by Crippen LogP contribution is -2.52. The molecule has 0 bridgehead atoms. The number of hydrogen-bond donors (Lipinski definition) is 4. The lowest BCUT2D eigenvalue weighted by Gasteiger charge is -2.23. The van der Waals surface area contributed by atoms with Crippen molar-refractivity contribution in [2.75, 3.05) is 6.54 Å². The van der Waals surface area contributed by atoms with E-state index in [2.05, 4.69) is 20.6 Å². The highest BCUT2D eigenvalue weighted by atomic mass is 16.4. The number of H-pyrrole nitrogens is 1. The number of imidazole rings is 1. The molecular weight excluding hydrogens is 344 g/mol. The molecule has 0 aliphatic heterocycles. The molecule has 1 aromatic heterocycles. The van der Waals surface area contributed by atoms with E-state index in [1.54, 1.807) is 12.5 Å². The molecule has 0 saturated carbocycles. The Balaban J connectivity index is 1.99. The summed E-state index contributed by atoms with van der Waals surface area (Å²) in [6, 6.07) is 8.46. The van der Waals surface area contributed by atoms with Crippen molar-refractivity contribution in [3.05, 3.63) is 54.1 Å². The molecule has 1 amide bonds. The zero-order chi connectivity index (χ0) is 19.6. The van der Waals surface area contributed by atoms with Crippen molar-refractivity contribution in [2.24, 2.45) is 5.92 Å². The maximum atomic E-state index is 12.7. The number of carbonyl (C=O) groups excluding carboxylic acids is 1.